The van der Waals surface area contributed by atoms with E-state index in [1.165, 1.54) is 0 Å². The van der Waals surface area contributed by atoms with Crippen molar-refractivity contribution >= 4 is 23.2 Å². The normalized spacial score (nSPS) is 19.5. The lowest BCUT2D eigenvalue weighted by atomic mass is 10.2. The highest BCUT2D eigenvalue weighted by atomic mass is 35.5. The molecule has 1 aliphatic rings. The topological polar surface area (TPSA) is 18.5 Å². The van der Waals surface area contributed by atoms with Crippen molar-refractivity contribution in [3.05, 3.63) is 28.8 Å². The van der Waals surface area contributed by atoms with Gasteiger partial charge < -0.3 is 9.47 Å². The van der Waals surface area contributed by atoms with E-state index >= 15 is 0 Å². The Morgan fingerprint density at radius 2 is 2.29 bits per heavy atom. The molecule has 1 aliphatic heterocycles. The van der Waals surface area contributed by atoms with Gasteiger partial charge in [0.2, 0.25) is 0 Å². The molecule has 94 valence electrons. The van der Waals surface area contributed by atoms with Crippen LogP contribution < -0.4 is 4.74 Å². The molecule has 1 fully saturated rings. The van der Waals surface area contributed by atoms with Crippen molar-refractivity contribution in [1.29, 1.82) is 0 Å². The molecular weight excluding hydrogens is 259 g/mol. The highest BCUT2D eigenvalue weighted by molar-refractivity contribution is 6.32. The van der Waals surface area contributed by atoms with Crippen molar-refractivity contribution in [3.8, 4) is 5.75 Å². The quantitative estimate of drug-likeness (QED) is 0.755. The molecule has 1 aromatic carbocycles. The van der Waals surface area contributed by atoms with Gasteiger partial charge in [-0.25, -0.2) is 0 Å². The lowest BCUT2D eigenvalue weighted by molar-refractivity contribution is 0.0902. The molecule has 1 heterocycles. The molecular formula is C13H16Cl2O2. The Morgan fingerprint density at radius 3 is 3.00 bits per heavy atom. The number of halogens is 2. The van der Waals surface area contributed by atoms with Crippen molar-refractivity contribution in [3.63, 3.8) is 0 Å². The van der Waals surface area contributed by atoms with Crippen LogP contribution in [0.25, 0.3) is 0 Å². The Balaban J connectivity index is 1.87. The van der Waals surface area contributed by atoms with Gasteiger partial charge in [0.05, 0.1) is 18.6 Å². The van der Waals surface area contributed by atoms with Gasteiger partial charge in [-0.15, -0.1) is 11.6 Å². The Bertz CT molecular complexity index is 362. The molecule has 0 N–H and O–H groups in total. The van der Waals surface area contributed by atoms with Crippen LogP contribution in [0.4, 0.5) is 0 Å². The summed E-state index contributed by atoms with van der Waals surface area (Å²) in [5.41, 5.74) is 0.864. The molecule has 0 aliphatic carbocycles. The molecule has 0 saturated carbocycles. The minimum atomic E-state index is 0.355. The van der Waals surface area contributed by atoms with E-state index in [9.17, 15) is 0 Å². The second-order valence-corrected chi connectivity index (χ2v) is 4.80. The van der Waals surface area contributed by atoms with Crippen LogP contribution in [0.15, 0.2) is 18.2 Å². The van der Waals surface area contributed by atoms with Crippen molar-refractivity contribution in [1.82, 2.24) is 0 Å². The van der Waals surface area contributed by atoms with E-state index < -0.39 is 0 Å². The molecule has 0 amide bonds. The number of benzene rings is 1. The molecule has 2 nitrogen and oxygen atoms in total. The lowest BCUT2D eigenvalue weighted by Gasteiger charge is -2.13. The zero-order valence-electron chi connectivity index (χ0n) is 9.62. The predicted molar refractivity (Wildman–Crippen MR) is 70.1 cm³/mol. The Morgan fingerprint density at radius 1 is 1.41 bits per heavy atom. The molecule has 1 saturated heterocycles. The minimum absolute atomic E-state index is 0.355. The zero-order valence-corrected chi connectivity index (χ0v) is 11.1. The van der Waals surface area contributed by atoms with Gasteiger partial charge in [-0.3, -0.25) is 0 Å². The second kappa shape index (κ2) is 6.48. The largest absolute Gasteiger partial charge is 0.493 e. The standard InChI is InChI=1S/C13H16Cl2O2/c14-9-11-12(15)4-1-5-13(11)17-8-6-10-3-2-7-16-10/h1,4-5,10H,2-3,6-9H2. The molecule has 17 heavy (non-hydrogen) atoms. The number of rotatable bonds is 5. The summed E-state index contributed by atoms with van der Waals surface area (Å²) in [4.78, 5) is 0. The first kappa shape index (κ1) is 13.0. The fourth-order valence-corrected chi connectivity index (χ4v) is 2.55. The van der Waals surface area contributed by atoms with Crippen LogP contribution in [0.2, 0.25) is 5.02 Å². The Kier molecular flexibility index (Phi) is 4.96. The van der Waals surface area contributed by atoms with E-state index in [0.717, 1.165) is 37.2 Å². The van der Waals surface area contributed by atoms with Crippen molar-refractivity contribution in [2.24, 2.45) is 0 Å². The third-order valence-corrected chi connectivity index (χ3v) is 3.55. The molecule has 1 unspecified atom stereocenters. The van der Waals surface area contributed by atoms with Crippen molar-refractivity contribution in [2.75, 3.05) is 13.2 Å². The summed E-state index contributed by atoms with van der Waals surface area (Å²) in [6.07, 6.45) is 3.58. The molecule has 1 atom stereocenters. The highest BCUT2D eigenvalue weighted by Gasteiger charge is 2.15. The maximum atomic E-state index is 6.05. The summed E-state index contributed by atoms with van der Waals surface area (Å²) >= 11 is 11.9. The molecule has 4 heteroatoms. The van der Waals surface area contributed by atoms with Crippen LogP contribution in [0.1, 0.15) is 24.8 Å². The van der Waals surface area contributed by atoms with Crippen LogP contribution in [0.3, 0.4) is 0 Å². The number of ether oxygens (including phenoxy) is 2. The molecule has 0 radical (unpaired) electrons. The van der Waals surface area contributed by atoms with E-state index in [1.54, 1.807) is 0 Å². The Hall–Kier alpha value is -0.440. The van der Waals surface area contributed by atoms with Gasteiger partial charge in [0, 0.05) is 23.6 Å². The maximum Gasteiger partial charge on any atom is 0.125 e. The first-order chi connectivity index (χ1) is 8.31. The van der Waals surface area contributed by atoms with Crippen LogP contribution in [-0.4, -0.2) is 19.3 Å². The van der Waals surface area contributed by atoms with Crippen molar-refractivity contribution in [2.45, 2.75) is 31.2 Å². The summed E-state index contributed by atoms with van der Waals surface area (Å²) < 4.78 is 11.3. The number of hydrogen-bond acceptors (Lipinski definition) is 2. The highest BCUT2D eigenvalue weighted by Crippen LogP contribution is 2.28. The van der Waals surface area contributed by atoms with E-state index in [1.807, 2.05) is 18.2 Å². The molecule has 0 bridgehead atoms. The third-order valence-electron chi connectivity index (χ3n) is 2.93. The third kappa shape index (κ3) is 3.51. The fraction of sp³-hybridized carbons (Fsp3) is 0.538. The van der Waals surface area contributed by atoms with E-state index in [4.69, 9.17) is 32.7 Å². The monoisotopic (exact) mass is 274 g/mol. The summed E-state index contributed by atoms with van der Waals surface area (Å²) in [5.74, 6) is 1.15. The van der Waals surface area contributed by atoms with E-state index in [2.05, 4.69) is 0 Å². The summed E-state index contributed by atoms with van der Waals surface area (Å²) in [5, 5.41) is 0.662. The van der Waals surface area contributed by atoms with Crippen LogP contribution in [0.5, 0.6) is 5.75 Å². The SMILES string of the molecule is ClCc1c(Cl)cccc1OCCC1CCCO1. The minimum Gasteiger partial charge on any atom is -0.493 e. The smallest absolute Gasteiger partial charge is 0.125 e. The predicted octanol–water partition coefficient (Wildman–Crippen LogP) is 4.03. The number of hydrogen-bond donors (Lipinski definition) is 0. The van der Waals surface area contributed by atoms with E-state index in [-0.39, 0.29) is 0 Å². The Labute approximate surface area is 112 Å². The molecule has 0 aromatic heterocycles. The van der Waals surface area contributed by atoms with Crippen LogP contribution >= 0.6 is 23.2 Å². The number of alkyl halides is 1. The zero-order chi connectivity index (χ0) is 12.1. The second-order valence-electron chi connectivity index (χ2n) is 4.12. The van der Waals surface area contributed by atoms with Crippen LogP contribution in [-0.2, 0) is 10.6 Å². The van der Waals surface area contributed by atoms with Gasteiger partial charge in [-0.05, 0) is 25.0 Å². The van der Waals surface area contributed by atoms with Gasteiger partial charge in [-0.1, -0.05) is 17.7 Å². The van der Waals surface area contributed by atoms with Gasteiger partial charge in [0.1, 0.15) is 5.75 Å². The van der Waals surface area contributed by atoms with Gasteiger partial charge in [0.15, 0.2) is 0 Å². The fourth-order valence-electron chi connectivity index (χ4n) is 1.98. The van der Waals surface area contributed by atoms with Gasteiger partial charge in [-0.2, -0.15) is 0 Å². The summed E-state index contributed by atoms with van der Waals surface area (Å²) in [6.45, 7) is 1.53. The van der Waals surface area contributed by atoms with E-state index in [0.29, 0.717) is 23.6 Å². The average Bonchev–Trinajstić information content (AvgIpc) is 2.82. The average molecular weight is 275 g/mol. The first-order valence-electron chi connectivity index (χ1n) is 5.89. The first-order valence-corrected chi connectivity index (χ1v) is 6.80. The maximum absolute atomic E-state index is 6.05. The van der Waals surface area contributed by atoms with Gasteiger partial charge in [0.25, 0.3) is 0 Å². The van der Waals surface area contributed by atoms with Crippen LogP contribution in [0, 0.1) is 0 Å². The summed E-state index contributed by atoms with van der Waals surface area (Å²) in [7, 11) is 0. The molecule has 1 aromatic rings. The molecule has 0 spiro atoms. The molecule has 2 rings (SSSR count). The summed E-state index contributed by atoms with van der Waals surface area (Å²) in [6, 6.07) is 5.60. The lowest BCUT2D eigenvalue weighted by Crippen LogP contribution is -2.11. The van der Waals surface area contributed by atoms with Crippen molar-refractivity contribution < 1.29 is 9.47 Å². The van der Waals surface area contributed by atoms with Gasteiger partial charge >= 0.3 is 0 Å².